The first kappa shape index (κ1) is 13.8. The maximum atomic E-state index is 11.0. The highest BCUT2D eigenvalue weighted by Gasteiger charge is 2.24. The SMILES string of the molecule is COc1ccc([C@@H](OC(C)=O)C(=O)O)cc1OC. The number of aliphatic carboxylic acids is 1. The number of hydrogen-bond donors (Lipinski definition) is 1. The van der Waals surface area contributed by atoms with Crippen LogP contribution in [-0.4, -0.2) is 31.3 Å². The average molecular weight is 254 g/mol. The third-order valence-corrected chi connectivity index (χ3v) is 2.22. The lowest BCUT2D eigenvalue weighted by Crippen LogP contribution is -2.17. The molecular weight excluding hydrogens is 240 g/mol. The van der Waals surface area contributed by atoms with Crippen LogP contribution in [0, 0.1) is 0 Å². The first-order valence-electron chi connectivity index (χ1n) is 5.11. The van der Waals surface area contributed by atoms with Crippen molar-refractivity contribution in [2.75, 3.05) is 14.2 Å². The van der Waals surface area contributed by atoms with E-state index in [4.69, 9.17) is 19.3 Å². The van der Waals surface area contributed by atoms with Crippen LogP contribution in [-0.2, 0) is 14.3 Å². The van der Waals surface area contributed by atoms with Gasteiger partial charge in [-0.1, -0.05) is 6.07 Å². The van der Waals surface area contributed by atoms with Crippen LogP contribution in [0.2, 0.25) is 0 Å². The Bertz CT molecular complexity index is 454. The zero-order chi connectivity index (χ0) is 13.7. The summed E-state index contributed by atoms with van der Waals surface area (Å²) < 4.78 is 14.8. The molecule has 0 unspecified atom stereocenters. The fourth-order valence-corrected chi connectivity index (χ4v) is 1.44. The van der Waals surface area contributed by atoms with E-state index in [9.17, 15) is 9.59 Å². The van der Waals surface area contributed by atoms with Crippen LogP contribution >= 0.6 is 0 Å². The minimum atomic E-state index is -1.36. The fourth-order valence-electron chi connectivity index (χ4n) is 1.44. The molecule has 0 fully saturated rings. The van der Waals surface area contributed by atoms with Crippen LogP contribution in [0.5, 0.6) is 11.5 Å². The van der Waals surface area contributed by atoms with Crippen LogP contribution in [0.15, 0.2) is 18.2 Å². The molecule has 0 radical (unpaired) electrons. The molecule has 0 saturated carbocycles. The Morgan fingerprint density at radius 1 is 1.17 bits per heavy atom. The molecule has 0 aliphatic heterocycles. The molecule has 0 aliphatic carbocycles. The lowest BCUT2D eigenvalue weighted by atomic mass is 10.1. The third kappa shape index (κ3) is 3.13. The van der Waals surface area contributed by atoms with Gasteiger partial charge in [0.15, 0.2) is 11.5 Å². The minimum absolute atomic E-state index is 0.301. The molecule has 1 aromatic rings. The van der Waals surface area contributed by atoms with Gasteiger partial charge in [0.1, 0.15) is 0 Å². The van der Waals surface area contributed by atoms with Crippen LogP contribution < -0.4 is 9.47 Å². The van der Waals surface area contributed by atoms with Crippen molar-refractivity contribution < 1.29 is 28.9 Å². The van der Waals surface area contributed by atoms with Crippen molar-refractivity contribution in [3.8, 4) is 11.5 Å². The van der Waals surface area contributed by atoms with Gasteiger partial charge in [0.05, 0.1) is 14.2 Å². The summed E-state index contributed by atoms with van der Waals surface area (Å²) in [7, 11) is 2.90. The molecule has 0 heterocycles. The van der Waals surface area contributed by atoms with Gasteiger partial charge in [-0.15, -0.1) is 0 Å². The maximum absolute atomic E-state index is 11.0. The first-order valence-corrected chi connectivity index (χ1v) is 5.11. The molecule has 0 bridgehead atoms. The highest BCUT2D eigenvalue weighted by atomic mass is 16.6. The van der Waals surface area contributed by atoms with Gasteiger partial charge in [-0.2, -0.15) is 0 Å². The Morgan fingerprint density at radius 3 is 2.22 bits per heavy atom. The number of carboxylic acid groups (broad SMARTS) is 1. The fraction of sp³-hybridized carbons (Fsp3) is 0.333. The summed E-state index contributed by atoms with van der Waals surface area (Å²) in [6, 6.07) is 4.51. The predicted molar refractivity (Wildman–Crippen MR) is 61.7 cm³/mol. The van der Waals surface area contributed by atoms with Gasteiger partial charge in [0.2, 0.25) is 6.10 Å². The Hall–Kier alpha value is -2.24. The second-order valence-electron chi connectivity index (χ2n) is 3.44. The molecular formula is C12H14O6. The molecule has 6 heteroatoms. The van der Waals surface area contributed by atoms with Gasteiger partial charge in [-0.3, -0.25) is 4.79 Å². The summed E-state index contributed by atoms with van der Waals surface area (Å²) in [4.78, 5) is 21.9. The number of carboxylic acids is 1. The normalized spacial score (nSPS) is 11.5. The van der Waals surface area contributed by atoms with Gasteiger partial charge in [-0.05, 0) is 12.1 Å². The largest absolute Gasteiger partial charge is 0.493 e. The van der Waals surface area contributed by atoms with Gasteiger partial charge < -0.3 is 19.3 Å². The summed E-state index contributed by atoms with van der Waals surface area (Å²) in [5.41, 5.74) is 0.301. The van der Waals surface area contributed by atoms with Crippen molar-refractivity contribution in [3.63, 3.8) is 0 Å². The molecule has 18 heavy (non-hydrogen) atoms. The van der Waals surface area contributed by atoms with E-state index in [1.165, 1.54) is 26.4 Å². The highest BCUT2D eigenvalue weighted by Crippen LogP contribution is 2.31. The van der Waals surface area contributed by atoms with E-state index in [1.54, 1.807) is 6.07 Å². The van der Waals surface area contributed by atoms with E-state index in [2.05, 4.69) is 0 Å². The maximum Gasteiger partial charge on any atom is 0.349 e. The Kier molecular flexibility index (Phi) is 4.53. The standard InChI is InChI=1S/C12H14O6/c1-7(13)18-11(12(14)15)8-4-5-9(16-2)10(6-8)17-3/h4-6,11H,1-3H3,(H,14,15)/t11-/m1/s1. The van der Waals surface area contributed by atoms with E-state index in [1.807, 2.05) is 0 Å². The van der Waals surface area contributed by atoms with Gasteiger partial charge in [-0.25, -0.2) is 4.79 Å². The lowest BCUT2D eigenvalue weighted by Gasteiger charge is -2.15. The zero-order valence-corrected chi connectivity index (χ0v) is 10.3. The first-order chi connectivity index (χ1) is 8.49. The van der Waals surface area contributed by atoms with E-state index in [-0.39, 0.29) is 0 Å². The summed E-state index contributed by atoms with van der Waals surface area (Å²) in [5, 5.41) is 9.02. The van der Waals surface area contributed by atoms with Crippen LogP contribution in [0.3, 0.4) is 0 Å². The van der Waals surface area contributed by atoms with Crippen molar-refractivity contribution in [3.05, 3.63) is 23.8 Å². The molecule has 0 aromatic heterocycles. The number of rotatable bonds is 5. The van der Waals surface area contributed by atoms with Gasteiger partial charge in [0.25, 0.3) is 0 Å². The summed E-state index contributed by atoms with van der Waals surface area (Å²) in [6.07, 6.45) is -1.36. The Balaban J connectivity index is 3.13. The molecule has 0 aliphatic rings. The van der Waals surface area contributed by atoms with E-state index in [0.717, 1.165) is 6.92 Å². The molecule has 1 atom stereocenters. The van der Waals surface area contributed by atoms with Gasteiger partial charge in [0, 0.05) is 12.5 Å². The molecule has 0 amide bonds. The number of carbonyl (C=O) groups is 2. The van der Waals surface area contributed by atoms with Crippen molar-refractivity contribution >= 4 is 11.9 Å². The van der Waals surface area contributed by atoms with Crippen LogP contribution in [0.1, 0.15) is 18.6 Å². The molecule has 98 valence electrons. The topological polar surface area (TPSA) is 82.1 Å². The molecule has 1 N–H and O–H groups in total. The number of esters is 1. The molecule has 0 spiro atoms. The molecule has 0 saturated heterocycles. The average Bonchev–Trinajstić information content (AvgIpc) is 2.34. The Labute approximate surface area is 104 Å². The third-order valence-electron chi connectivity index (χ3n) is 2.22. The van der Waals surface area contributed by atoms with Gasteiger partial charge >= 0.3 is 11.9 Å². The number of benzene rings is 1. The second-order valence-corrected chi connectivity index (χ2v) is 3.44. The monoisotopic (exact) mass is 254 g/mol. The van der Waals surface area contributed by atoms with Crippen molar-refractivity contribution in [1.29, 1.82) is 0 Å². The number of hydrogen-bond acceptors (Lipinski definition) is 5. The number of carbonyl (C=O) groups excluding carboxylic acids is 1. The number of methoxy groups -OCH3 is 2. The number of ether oxygens (including phenoxy) is 3. The van der Waals surface area contributed by atoms with E-state index >= 15 is 0 Å². The summed E-state index contributed by atoms with van der Waals surface area (Å²) in [6.45, 7) is 1.15. The minimum Gasteiger partial charge on any atom is -0.493 e. The van der Waals surface area contributed by atoms with E-state index < -0.39 is 18.0 Å². The molecule has 1 rings (SSSR count). The van der Waals surface area contributed by atoms with Crippen molar-refractivity contribution in [2.24, 2.45) is 0 Å². The predicted octanol–water partition coefficient (Wildman–Crippen LogP) is 1.39. The smallest absolute Gasteiger partial charge is 0.349 e. The van der Waals surface area contributed by atoms with Crippen LogP contribution in [0.25, 0.3) is 0 Å². The summed E-state index contributed by atoms with van der Waals surface area (Å²) >= 11 is 0. The molecule has 1 aromatic carbocycles. The summed E-state index contributed by atoms with van der Waals surface area (Å²) in [5.74, 6) is -1.09. The second kappa shape index (κ2) is 5.90. The highest BCUT2D eigenvalue weighted by molar-refractivity contribution is 5.78. The van der Waals surface area contributed by atoms with E-state index in [0.29, 0.717) is 17.1 Å². The molecule has 6 nitrogen and oxygen atoms in total. The quantitative estimate of drug-likeness (QED) is 0.799. The Morgan fingerprint density at radius 2 is 1.78 bits per heavy atom. The van der Waals surface area contributed by atoms with Crippen LogP contribution in [0.4, 0.5) is 0 Å². The lowest BCUT2D eigenvalue weighted by molar-refractivity contribution is -0.163. The zero-order valence-electron chi connectivity index (χ0n) is 10.3. The van der Waals surface area contributed by atoms with Crippen molar-refractivity contribution in [2.45, 2.75) is 13.0 Å². The van der Waals surface area contributed by atoms with Crippen molar-refractivity contribution in [1.82, 2.24) is 0 Å².